The zero-order valence-corrected chi connectivity index (χ0v) is 16.4. The number of hydrogen-bond acceptors (Lipinski definition) is 3. The molecule has 0 radical (unpaired) electrons. The molecule has 160 valence electrons. The van der Waals surface area contributed by atoms with Crippen LogP contribution in [0.25, 0.3) is 0 Å². The van der Waals surface area contributed by atoms with Crippen LogP contribution >= 0.6 is 0 Å². The van der Waals surface area contributed by atoms with Crippen molar-refractivity contribution in [1.82, 2.24) is 4.90 Å². The second kappa shape index (κ2) is 7.95. The molecule has 2 unspecified atom stereocenters. The van der Waals surface area contributed by atoms with Crippen LogP contribution in [0.15, 0.2) is 54.6 Å². The first-order valence-corrected chi connectivity index (χ1v) is 10.1. The number of ether oxygens (including phenoxy) is 1. The van der Waals surface area contributed by atoms with Gasteiger partial charge in [-0.3, -0.25) is 0 Å². The first kappa shape index (κ1) is 20.7. The Labute approximate surface area is 173 Å². The number of hydrogen-bond donors (Lipinski definition) is 1. The number of nitrogens with zero attached hydrogens (tertiary/aromatic N) is 1. The Bertz CT molecular complexity index is 886. The number of carbonyl (C=O) groups excluding carboxylic acids is 1. The molecule has 0 saturated carbocycles. The van der Waals surface area contributed by atoms with E-state index in [2.05, 4.69) is 0 Å². The summed E-state index contributed by atoms with van der Waals surface area (Å²) in [6.45, 7) is 0.185. The number of amides is 1. The highest BCUT2D eigenvalue weighted by atomic mass is 19.4. The molecule has 2 aliphatic rings. The van der Waals surface area contributed by atoms with Gasteiger partial charge in [-0.05, 0) is 42.9 Å². The van der Waals surface area contributed by atoms with Gasteiger partial charge in [-0.1, -0.05) is 48.5 Å². The Balaban J connectivity index is 1.41. The Morgan fingerprint density at radius 1 is 1.03 bits per heavy atom. The van der Waals surface area contributed by atoms with Crippen LogP contribution < -0.4 is 0 Å². The van der Waals surface area contributed by atoms with Gasteiger partial charge in [-0.2, -0.15) is 13.2 Å². The summed E-state index contributed by atoms with van der Waals surface area (Å²) in [5.74, 6) is 0. The molecule has 2 heterocycles. The average Bonchev–Trinajstić information content (AvgIpc) is 2.99. The molecule has 2 atom stereocenters. The third kappa shape index (κ3) is 4.46. The highest BCUT2D eigenvalue weighted by Gasteiger charge is 2.50. The van der Waals surface area contributed by atoms with Gasteiger partial charge in [0.2, 0.25) is 0 Å². The van der Waals surface area contributed by atoms with E-state index in [9.17, 15) is 23.1 Å². The number of rotatable bonds is 4. The molecule has 0 spiro atoms. The number of aliphatic hydroxyl groups is 1. The van der Waals surface area contributed by atoms with Crippen LogP contribution in [0.4, 0.5) is 18.0 Å². The van der Waals surface area contributed by atoms with E-state index < -0.39 is 23.4 Å². The SMILES string of the molecule is O=C(OCc1ccccc1)N1C2CCC1CC(O)(Cc1cccc(C(F)(F)F)c1)C2. The maximum atomic E-state index is 13.0. The van der Waals surface area contributed by atoms with Crippen LogP contribution in [0, 0.1) is 0 Å². The van der Waals surface area contributed by atoms with Crippen LogP contribution in [0.3, 0.4) is 0 Å². The van der Waals surface area contributed by atoms with Crippen molar-refractivity contribution in [2.75, 3.05) is 0 Å². The highest BCUT2D eigenvalue weighted by Crippen LogP contribution is 2.43. The van der Waals surface area contributed by atoms with Gasteiger partial charge in [-0.15, -0.1) is 0 Å². The number of alkyl halides is 3. The lowest BCUT2D eigenvalue weighted by Gasteiger charge is -2.43. The first-order chi connectivity index (χ1) is 14.2. The Kier molecular flexibility index (Phi) is 5.49. The van der Waals surface area contributed by atoms with E-state index >= 15 is 0 Å². The lowest BCUT2D eigenvalue weighted by molar-refractivity contribution is -0.137. The maximum Gasteiger partial charge on any atom is 0.416 e. The zero-order chi connectivity index (χ0) is 21.4. The quantitative estimate of drug-likeness (QED) is 0.764. The molecule has 4 nitrogen and oxygen atoms in total. The number of carbonyl (C=O) groups is 1. The summed E-state index contributed by atoms with van der Waals surface area (Å²) < 4.78 is 44.4. The molecule has 2 aromatic rings. The molecule has 0 aromatic heterocycles. The molecule has 2 aliphatic heterocycles. The second-order valence-electron chi connectivity index (χ2n) is 8.34. The van der Waals surface area contributed by atoms with Crippen molar-refractivity contribution in [3.05, 3.63) is 71.3 Å². The number of fused-ring (bicyclic) bond motifs is 2. The molecule has 1 N–H and O–H groups in total. The third-order valence-corrected chi connectivity index (χ3v) is 6.05. The van der Waals surface area contributed by atoms with E-state index in [1.165, 1.54) is 6.07 Å². The lowest BCUT2D eigenvalue weighted by Crippen LogP contribution is -2.54. The summed E-state index contributed by atoms with van der Waals surface area (Å²) in [5.41, 5.74) is -0.497. The van der Waals surface area contributed by atoms with Gasteiger partial charge in [0.1, 0.15) is 6.61 Å². The van der Waals surface area contributed by atoms with E-state index in [1.807, 2.05) is 30.3 Å². The topological polar surface area (TPSA) is 49.8 Å². The zero-order valence-electron chi connectivity index (χ0n) is 16.4. The first-order valence-electron chi connectivity index (χ1n) is 10.1. The molecule has 30 heavy (non-hydrogen) atoms. The smallest absolute Gasteiger partial charge is 0.416 e. The van der Waals surface area contributed by atoms with Crippen LogP contribution in [0.1, 0.15) is 42.4 Å². The summed E-state index contributed by atoms with van der Waals surface area (Å²) in [5, 5.41) is 11.1. The van der Waals surface area contributed by atoms with Crippen LogP contribution in [-0.4, -0.2) is 33.8 Å². The van der Waals surface area contributed by atoms with Crippen molar-refractivity contribution in [3.8, 4) is 0 Å². The van der Waals surface area contributed by atoms with E-state index in [0.717, 1.165) is 30.5 Å². The average molecular weight is 419 g/mol. The molecule has 2 saturated heterocycles. The monoisotopic (exact) mass is 419 g/mol. The lowest BCUT2D eigenvalue weighted by atomic mass is 9.81. The van der Waals surface area contributed by atoms with Crippen LogP contribution in [0.5, 0.6) is 0 Å². The summed E-state index contributed by atoms with van der Waals surface area (Å²) in [6.07, 6.45) is -2.49. The van der Waals surface area contributed by atoms with Crippen molar-refractivity contribution < 1.29 is 27.8 Å². The summed E-state index contributed by atoms with van der Waals surface area (Å²) in [6, 6.07) is 14.2. The van der Waals surface area contributed by atoms with Gasteiger partial charge in [0.25, 0.3) is 0 Å². The minimum absolute atomic E-state index is 0.136. The van der Waals surface area contributed by atoms with E-state index in [-0.39, 0.29) is 25.1 Å². The molecule has 2 fully saturated rings. The molecule has 2 aromatic carbocycles. The highest BCUT2D eigenvalue weighted by molar-refractivity contribution is 5.69. The predicted octanol–water partition coefficient (Wildman–Crippen LogP) is 4.94. The van der Waals surface area contributed by atoms with Gasteiger partial charge < -0.3 is 14.7 Å². The minimum Gasteiger partial charge on any atom is -0.445 e. The Morgan fingerprint density at radius 2 is 1.67 bits per heavy atom. The molecule has 0 aliphatic carbocycles. The van der Waals surface area contributed by atoms with Gasteiger partial charge in [0, 0.05) is 18.5 Å². The van der Waals surface area contributed by atoms with E-state index in [0.29, 0.717) is 18.4 Å². The van der Waals surface area contributed by atoms with E-state index in [4.69, 9.17) is 4.74 Å². The number of halogens is 3. The standard InChI is InChI=1S/C23H24F3NO3/c24-23(25,26)18-8-4-7-17(11-18)12-22(29)13-19-9-10-20(14-22)27(19)21(28)30-15-16-5-2-1-3-6-16/h1-8,11,19-20,29H,9-10,12-15H2. The largest absolute Gasteiger partial charge is 0.445 e. The van der Waals surface area contributed by atoms with Gasteiger partial charge in [0.05, 0.1) is 11.2 Å². The molecule has 1 amide bonds. The number of benzene rings is 2. The molecular formula is C23H24F3NO3. The van der Waals surface area contributed by atoms with Gasteiger partial charge in [0.15, 0.2) is 0 Å². The number of piperidine rings is 1. The Hall–Kier alpha value is -2.54. The van der Waals surface area contributed by atoms with Crippen LogP contribution in [0.2, 0.25) is 0 Å². The van der Waals surface area contributed by atoms with Crippen molar-refractivity contribution >= 4 is 6.09 Å². The fraction of sp³-hybridized carbons (Fsp3) is 0.435. The summed E-state index contributed by atoms with van der Waals surface area (Å²) >= 11 is 0. The molecule has 7 heteroatoms. The minimum atomic E-state index is -4.41. The van der Waals surface area contributed by atoms with Crippen molar-refractivity contribution in [3.63, 3.8) is 0 Å². The molecule has 2 bridgehead atoms. The summed E-state index contributed by atoms with van der Waals surface area (Å²) in [7, 11) is 0. The van der Waals surface area contributed by atoms with E-state index in [1.54, 1.807) is 11.0 Å². The van der Waals surface area contributed by atoms with Crippen LogP contribution in [-0.2, 0) is 23.9 Å². The van der Waals surface area contributed by atoms with Crippen molar-refractivity contribution in [1.29, 1.82) is 0 Å². The Morgan fingerprint density at radius 3 is 2.30 bits per heavy atom. The van der Waals surface area contributed by atoms with Gasteiger partial charge in [-0.25, -0.2) is 4.79 Å². The maximum absolute atomic E-state index is 13.0. The molecule has 4 rings (SSSR count). The predicted molar refractivity (Wildman–Crippen MR) is 105 cm³/mol. The van der Waals surface area contributed by atoms with Crippen molar-refractivity contribution in [2.45, 2.75) is 62.6 Å². The summed E-state index contributed by atoms with van der Waals surface area (Å²) in [4.78, 5) is 14.4. The third-order valence-electron chi connectivity index (χ3n) is 6.05. The van der Waals surface area contributed by atoms with Gasteiger partial charge >= 0.3 is 12.3 Å². The van der Waals surface area contributed by atoms with Crippen molar-refractivity contribution in [2.24, 2.45) is 0 Å². The fourth-order valence-electron chi connectivity index (χ4n) is 4.80. The fourth-order valence-corrected chi connectivity index (χ4v) is 4.80. The normalized spacial score (nSPS) is 25.9. The molecular weight excluding hydrogens is 395 g/mol. The second-order valence-corrected chi connectivity index (χ2v) is 8.34.